The molecular weight excluding hydrogens is 355 g/mol. The Morgan fingerprint density at radius 1 is 0.963 bits per heavy atom. The first-order chi connectivity index (χ1) is 12.8. The van der Waals surface area contributed by atoms with Crippen molar-refractivity contribution in [3.63, 3.8) is 0 Å². The van der Waals surface area contributed by atoms with E-state index in [0.29, 0.717) is 5.69 Å². The molecule has 0 aliphatic carbocycles. The average molecular weight is 371 g/mol. The van der Waals surface area contributed by atoms with Gasteiger partial charge < -0.3 is 10.6 Å². The Balaban J connectivity index is 1.79. The molecule has 1 heterocycles. The fraction of sp³-hybridized carbons (Fsp3) is 0.100. The highest BCUT2D eigenvalue weighted by atomic mass is 19.4. The summed E-state index contributed by atoms with van der Waals surface area (Å²) in [5, 5.41) is 5.41. The highest BCUT2D eigenvalue weighted by Gasteiger charge is 2.33. The maximum absolute atomic E-state index is 13.1. The second-order valence-electron chi connectivity index (χ2n) is 5.95. The van der Waals surface area contributed by atoms with Crippen LogP contribution in [0.15, 0.2) is 67.0 Å². The zero-order valence-electron chi connectivity index (χ0n) is 14.3. The first-order valence-electron chi connectivity index (χ1n) is 8.09. The number of benzene rings is 2. The molecule has 0 unspecified atom stereocenters. The Morgan fingerprint density at radius 2 is 1.67 bits per heavy atom. The van der Waals surface area contributed by atoms with Gasteiger partial charge in [0.05, 0.1) is 28.7 Å². The van der Waals surface area contributed by atoms with Gasteiger partial charge in [0.25, 0.3) is 5.91 Å². The highest BCUT2D eigenvalue weighted by molar-refractivity contribution is 6.05. The largest absolute Gasteiger partial charge is 0.418 e. The van der Waals surface area contributed by atoms with Crippen LogP contribution in [0.1, 0.15) is 21.5 Å². The fourth-order valence-electron chi connectivity index (χ4n) is 2.47. The van der Waals surface area contributed by atoms with Crippen LogP contribution in [0.5, 0.6) is 0 Å². The summed E-state index contributed by atoms with van der Waals surface area (Å²) in [5.74, 6) is -0.674. The van der Waals surface area contributed by atoms with Gasteiger partial charge in [0.1, 0.15) is 0 Å². The molecule has 3 rings (SSSR count). The van der Waals surface area contributed by atoms with E-state index < -0.39 is 17.6 Å². The molecule has 0 atom stereocenters. The molecular formula is C20H16F3N3O. The molecule has 2 aromatic carbocycles. The minimum absolute atomic E-state index is 0.143. The molecule has 0 aliphatic heterocycles. The van der Waals surface area contributed by atoms with Crippen LogP contribution in [0, 0.1) is 6.92 Å². The quantitative estimate of drug-likeness (QED) is 0.645. The molecule has 4 nitrogen and oxygen atoms in total. The van der Waals surface area contributed by atoms with E-state index in [9.17, 15) is 18.0 Å². The van der Waals surface area contributed by atoms with Crippen molar-refractivity contribution in [1.29, 1.82) is 0 Å². The number of carbonyl (C=O) groups excluding carboxylic acids is 1. The number of aromatic nitrogens is 1. The van der Waals surface area contributed by atoms with E-state index in [1.807, 2.05) is 31.2 Å². The predicted molar refractivity (Wildman–Crippen MR) is 98.1 cm³/mol. The number of nitrogens with zero attached hydrogens (tertiary/aromatic N) is 1. The number of amides is 1. The Hall–Kier alpha value is -3.35. The molecule has 0 radical (unpaired) electrons. The number of halogens is 3. The first-order valence-corrected chi connectivity index (χ1v) is 8.09. The SMILES string of the molecule is Cc1ccc(Nc2cncc(C(=O)Nc3ccccc3C(F)(F)F)c2)cc1. The Kier molecular flexibility index (Phi) is 5.12. The predicted octanol–water partition coefficient (Wildman–Crippen LogP) is 5.40. The van der Waals surface area contributed by atoms with Gasteiger partial charge in [-0.2, -0.15) is 13.2 Å². The smallest absolute Gasteiger partial charge is 0.354 e. The number of nitrogens with one attached hydrogen (secondary N) is 2. The Labute approximate surface area is 154 Å². The van der Waals surface area contributed by atoms with Crippen molar-refractivity contribution in [2.24, 2.45) is 0 Å². The second kappa shape index (κ2) is 7.49. The lowest BCUT2D eigenvalue weighted by atomic mass is 10.1. The summed E-state index contributed by atoms with van der Waals surface area (Å²) in [7, 11) is 0. The van der Waals surface area contributed by atoms with Gasteiger partial charge in [-0.1, -0.05) is 29.8 Å². The van der Waals surface area contributed by atoms with Gasteiger partial charge in [0.2, 0.25) is 0 Å². The van der Waals surface area contributed by atoms with Crippen molar-refractivity contribution in [2.75, 3.05) is 10.6 Å². The van der Waals surface area contributed by atoms with Crippen molar-refractivity contribution in [2.45, 2.75) is 13.1 Å². The molecule has 7 heteroatoms. The fourth-order valence-corrected chi connectivity index (χ4v) is 2.47. The summed E-state index contributed by atoms with van der Waals surface area (Å²) < 4.78 is 39.2. The normalized spacial score (nSPS) is 11.1. The maximum Gasteiger partial charge on any atom is 0.418 e. The van der Waals surface area contributed by atoms with Gasteiger partial charge >= 0.3 is 6.18 Å². The molecule has 27 heavy (non-hydrogen) atoms. The van der Waals surface area contributed by atoms with Crippen molar-refractivity contribution >= 4 is 23.0 Å². The number of rotatable bonds is 4. The summed E-state index contributed by atoms with van der Waals surface area (Å²) in [6.07, 6.45) is -1.73. The minimum atomic E-state index is -4.56. The van der Waals surface area contributed by atoms with E-state index in [1.54, 1.807) is 0 Å². The molecule has 0 spiro atoms. The lowest BCUT2D eigenvalue weighted by Crippen LogP contribution is -2.17. The lowest BCUT2D eigenvalue weighted by molar-refractivity contribution is -0.136. The molecule has 0 saturated heterocycles. The lowest BCUT2D eigenvalue weighted by Gasteiger charge is -2.14. The Bertz CT molecular complexity index is 953. The van der Waals surface area contributed by atoms with Crippen LogP contribution < -0.4 is 10.6 Å². The maximum atomic E-state index is 13.1. The van der Waals surface area contributed by atoms with E-state index in [1.165, 1.54) is 36.7 Å². The van der Waals surface area contributed by atoms with E-state index in [0.717, 1.165) is 17.3 Å². The highest BCUT2D eigenvalue weighted by Crippen LogP contribution is 2.34. The second-order valence-corrected chi connectivity index (χ2v) is 5.95. The number of pyridine rings is 1. The third-order valence-electron chi connectivity index (χ3n) is 3.82. The van der Waals surface area contributed by atoms with E-state index in [-0.39, 0.29) is 11.3 Å². The molecule has 1 aromatic heterocycles. The molecule has 0 bridgehead atoms. The zero-order valence-corrected chi connectivity index (χ0v) is 14.3. The van der Waals surface area contributed by atoms with Crippen LogP contribution >= 0.6 is 0 Å². The number of para-hydroxylation sites is 1. The van der Waals surface area contributed by atoms with Gasteiger partial charge in [-0.25, -0.2) is 0 Å². The molecule has 2 N–H and O–H groups in total. The van der Waals surface area contributed by atoms with Crippen LogP contribution in [0.3, 0.4) is 0 Å². The number of hydrogen-bond acceptors (Lipinski definition) is 3. The zero-order chi connectivity index (χ0) is 19.4. The molecule has 0 fully saturated rings. The average Bonchev–Trinajstić information content (AvgIpc) is 2.63. The van der Waals surface area contributed by atoms with Gasteiger partial charge in [-0.15, -0.1) is 0 Å². The van der Waals surface area contributed by atoms with E-state index in [2.05, 4.69) is 15.6 Å². The summed E-state index contributed by atoms with van der Waals surface area (Å²) >= 11 is 0. The van der Waals surface area contributed by atoms with Gasteiger partial charge in [-0.05, 0) is 37.3 Å². The molecule has 138 valence electrons. The van der Waals surface area contributed by atoms with Crippen LogP contribution in [-0.2, 0) is 6.18 Å². The van der Waals surface area contributed by atoms with E-state index >= 15 is 0 Å². The van der Waals surface area contributed by atoms with Gasteiger partial charge in [0, 0.05) is 11.9 Å². The number of anilines is 3. The molecule has 1 amide bonds. The third kappa shape index (κ3) is 4.63. The van der Waals surface area contributed by atoms with Crippen LogP contribution in [0.2, 0.25) is 0 Å². The number of aryl methyl sites for hydroxylation is 1. The summed E-state index contributed by atoms with van der Waals surface area (Å²) in [4.78, 5) is 16.4. The monoisotopic (exact) mass is 371 g/mol. The minimum Gasteiger partial charge on any atom is -0.354 e. The summed E-state index contributed by atoms with van der Waals surface area (Å²) in [6.45, 7) is 1.97. The topological polar surface area (TPSA) is 54.0 Å². The van der Waals surface area contributed by atoms with Crippen LogP contribution in [-0.4, -0.2) is 10.9 Å². The summed E-state index contributed by atoms with van der Waals surface area (Å²) in [5.41, 5.74) is 1.41. The van der Waals surface area contributed by atoms with Crippen molar-refractivity contribution in [3.8, 4) is 0 Å². The Morgan fingerprint density at radius 3 is 2.37 bits per heavy atom. The molecule has 3 aromatic rings. The van der Waals surface area contributed by atoms with Gasteiger partial charge in [0.15, 0.2) is 0 Å². The molecule has 0 aliphatic rings. The van der Waals surface area contributed by atoms with Crippen molar-refractivity contribution in [1.82, 2.24) is 4.98 Å². The molecule has 0 saturated carbocycles. The number of carbonyl (C=O) groups is 1. The van der Waals surface area contributed by atoms with Crippen LogP contribution in [0.4, 0.5) is 30.2 Å². The van der Waals surface area contributed by atoms with Crippen molar-refractivity contribution < 1.29 is 18.0 Å². The van der Waals surface area contributed by atoms with Crippen LogP contribution in [0.25, 0.3) is 0 Å². The number of alkyl halides is 3. The van der Waals surface area contributed by atoms with E-state index in [4.69, 9.17) is 0 Å². The third-order valence-corrected chi connectivity index (χ3v) is 3.82. The van der Waals surface area contributed by atoms with Gasteiger partial charge in [-0.3, -0.25) is 9.78 Å². The summed E-state index contributed by atoms with van der Waals surface area (Å²) in [6, 6.07) is 14.0. The number of hydrogen-bond donors (Lipinski definition) is 2. The first kappa shape index (κ1) is 18.4. The standard InChI is InChI=1S/C20H16F3N3O/c1-13-6-8-15(9-7-13)25-16-10-14(11-24-12-16)19(27)26-18-5-3-2-4-17(18)20(21,22)23/h2-12,25H,1H3,(H,26,27). The van der Waals surface area contributed by atoms with Crippen molar-refractivity contribution in [3.05, 3.63) is 83.7 Å².